The zero-order valence-corrected chi connectivity index (χ0v) is 9.80. The maximum absolute atomic E-state index is 11.5. The summed E-state index contributed by atoms with van der Waals surface area (Å²) in [5.41, 5.74) is 0.650. The van der Waals surface area contributed by atoms with E-state index in [1.54, 1.807) is 0 Å². The standard InChI is InChI=1S/C14H17NO2/c16-13(17)14-8-12(9-14)6-7-15(14)10-11-4-2-1-3-5-11/h1-5,12H,6-10H2,(H,16,17). The molecular weight excluding hydrogens is 214 g/mol. The van der Waals surface area contributed by atoms with Gasteiger partial charge in [0.05, 0.1) is 0 Å². The lowest BCUT2D eigenvalue weighted by Gasteiger charge is -2.56. The maximum Gasteiger partial charge on any atom is 0.324 e. The van der Waals surface area contributed by atoms with Crippen LogP contribution in [0.15, 0.2) is 30.3 Å². The van der Waals surface area contributed by atoms with E-state index in [4.69, 9.17) is 0 Å². The number of aliphatic carboxylic acids is 1. The molecular formula is C14H17NO2. The maximum atomic E-state index is 11.5. The van der Waals surface area contributed by atoms with E-state index in [1.165, 1.54) is 5.56 Å². The van der Waals surface area contributed by atoms with E-state index in [1.807, 2.05) is 18.2 Å². The first kappa shape index (κ1) is 10.8. The lowest BCUT2D eigenvalue weighted by Crippen LogP contribution is -2.66. The molecule has 1 N–H and O–H groups in total. The van der Waals surface area contributed by atoms with Gasteiger partial charge in [-0.3, -0.25) is 9.69 Å². The van der Waals surface area contributed by atoms with Gasteiger partial charge in [-0.1, -0.05) is 30.3 Å². The van der Waals surface area contributed by atoms with Crippen molar-refractivity contribution in [2.24, 2.45) is 5.92 Å². The number of hydrogen-bond donors (Lipinski definition) is 1. The molecule has 3 aliphatic rings. The van der Waals surface area contributed by atoms with Crippen LogP contribution in [-0.2, 0) is 11.3 Å². The van der Waals surface area contributed by atoms with Gasteiger partial charge < -0.3 is 5.11 Å². The van der Waals surface area contributed by atoms with Crippen molar-refractivity contribution < 1.29 is 9.90 Å². The third kappa shape index (κ3) is 1.65. The Morgan fingerprint density at radius 2 is 2.06 bits per heavy atom. The summed E-state index contributed by atoms with van der Waals surface area (Å²) >= 11 is 0. The highest BCUT2D eigenvalue weighted by atomic mass is 16.4. The molecule has 0 aromatic heterocycles. The molecule has 3 heteroatoms. The Bertz CT molecular complexity index is 423. The SMILES string of the molecule is O=C(O)C12CC(CCN1Cc1ccccc1)C2. The molecule has 1 aliphatic carbocycles. The highest BCUT2D eigenvalue weighted by molar-refractivity contribution is 5.80. The van der Waals surface area contributed by atoms with Crippen molar-refractivity contribution >= 4 is 5.97 Å². The number of benzene rings is 1. The van der Waals surface area contributed by atoms with Crippen LogP contribution in [0.4, 0.5) is 0 Å². The van der Waals surface area contributed by atoms with Gasteiger partial charge in [0.2, 0.25) is 0 Å². The number of rotatable bonds is 3. The van der Waals surface area contributed by atoms with Gasteiger partial charge >= 0.3 is 5.97 Å². The number of hydrogen-bond acceptors (Lipinski definition) is 2. The molecule has 2 aliphatic heterocycles. The van der Waals surface area contributed by atoms with Crippen molar-refractivity contribution in [1.29, 1.82) is 0 Å². The van der Waals surface area contributed by atoms with E-state index in [0.29, 0.717) is 5.92 Å². The minimum atomic E-state index is -0.635. The normalized spacial score (nSPS) is 31.9. The topological polar surface area (TPSA) is 40.5 Å². The van der Waals surface area contributed by atoms with Crippen LogP contribution in [0.25, 0.3) is 0 Å². The second-order valence-corrected chi connectivity index (χ2v) is 5.31. The summed E-state index contributed by atoms with van der Waals surface area (Å²) in [6, 6.07) is 10.2. The average Bonchev–Trinajstić information content (AvgIpc) is 2.29. The van der Waals surface area contributed by atoms with Crippen LogP contribution >= 0.6 is 0 Å². The Hall–Kier alpha value is -1.35. The molecule has 4 rings (SSSR count). The number of fused-ring (bicyclic) bond motifs is 2. The van der Waals surface area contributed by atoms with E-state index >= 15 is 0 Å². The van der Waals surface area contributed by atoms with Crippen LogP contribution in [0.3, 0.4) is 0 Å². The molecule has 0 atom stereocenters. The highest BCUT2D eigenvalue weighted by Crippen LogP contribution is 2.49. The van der Waals surface area contributed by atoms with Crippen LogP contribution in [0.1, 0.15) is 24.8 Å². The summed E-state index contributed by atoms with van der Waals surface area (Å²) in [7, 11) is 0. The van der Waals surface area contributed by atoms with Crippen LogP contribution in [0, 0.1) is 5.92 Å². The van der Waals surface area contributed by atoms with Crippen molar-refractivity contribution in [3.8, 4) is 0 Å². The molecule has 1 saturated carbocycles. The fourth-order valence-electron chi connectivity index (χ4n) is 3.25. The second kappa shape index (κ2) is 3.84. The van der Waals surface area contributed by atoms with Gasteiger partial charge in [0.1, 0.15) is 5.54 Å². The number of carboxylic acids is 1. The highest BCUT2D eigenvalue weighted by Gasteiger charge is 2.57. The van der Waals surface area contributed by atoms with Gasteiger partial charge in [0, 0.05) is 6.54 Å². The third-order valence-corrected chi connectivity index (χ3v) is 4.28. The van der Waals surface area contributed by atoms with E-state index < -0.39 is 11.5 Å². The van der Waals surface area contributed by atoms with Gasteiger partial charge in [-0.15, -0.1) is 0 Å². The minimum absolute atomic E-state index is 0.557. The predicted molar refractivity (Wildman–Crippen MR) is 64.6 cm³/mol. The van der Waals surface area contributed by atoms with E-state index in [-0.39, 0.29) is 0 Å². The van der Waals surface area contributed by atoms with Crippen LogP contribution in [0.5, 0.6) is 0 Å². The molecule has 0 radical (unpaired) electrons. The van der Waals surface area contributed by atoms with E-state index in [9.17, 15) is 9.90 Å². The molecule has 90 valence electrons. The van der Waals surface area contributed by atoms with Crippen molar-refractivity contribution in [1.82, 2.24) is 4.90 Å². The Morgan fingerprint density at radius 1 is 1.35 bits per heavy atom. The van der Waals surface area contributed by atoms with Gasteiger partial charge in [0.15, 0.2) is 0 Å². The van der Waals surface area contributed by atoms with Gasteiger partial charge in [-0.05, 0) is 37.3 Å². The fraction of sp³-hybridized carbons (Fsp3) is 0.500. The molecule has 1 aromatic rings. The monoisotopic (exact) mass is 231 g/mol. The van der Waals surface area contributed by atoms with Gasteiger partial charge in [-0.25, -0.2) is 0 Å². The minimum Gasteiger partial charge on any atom is -0.480 e. The first-order chi connectivity index (χ1) is 8.21. The smallest absolute Gasteiger partial charge is 0.324 e. The lowest BCUT2D eigenvalue weighted by molar-refractivity contribution is -0.172. The number of nitrogens with zero attached hydrogens (tertiary/aromatic N) is 1. The van der Waals surface area contributed by atoms with Crippen molar-refractivity contribution in [2.45, 2.75) is 31.3 Å². The first-order valence-corrected chi connectivity index (χ1v) is 6.23. The van der Waals surface area contributed by atoms with E-state index in [0.717, 1.165) is 32.4 Å². The van der Waals surface area contributed by atoms with E-state index in [2.05, 4.69) is 17.0 Å². The van der Waals surface area contributed by atoms with Crippen molar-refractivity contribution in [2.75, 3.05) is 6.54 Å². The average molecular weight is 231 g/mol. The Balaban J connectivity index is 1.80. The summed E-state index contributed by atoms with van der Waals surface area (Å²) in [6.45, 7) is 1.69. The van der Waals surface area contributed by atoms with Crippen LogP contribution < -0.4 is 0 Å². The van der Waals surface area contributed by atoms with Crippen LogP contribution in [0.2, 0.25) is 0 Å². The Labute approximate surface area is 101 Å². The molecule has 3 nitrogen and oxygen atoms in total. The fourth-order valence-corrected chi connectivity index (χ4v) is 3.25. The van der Waals surface area contributed by atoms with Crippen molar-refractivity contribution in [3.63, 3.8) is 0 Å². The summed E-state index contributed by atoms with van der Waals surface area (Å²) < 4.78 is 0. The molecule has 2 heterocycles. The summed E-state index contributed by atoms with van der Waals surface area (Å²) in [5.74, 6) is 0.0162. The first-order valence-electron chi connectivity index (χ1n) is 6.23. The van der Waals surface area contributed by atoms with Gasteiger partial charge in [-0.2, -0.15) is 0 Å². The summed E-state index contributed by atoms with van der Waals surface area (Å²) in [6.07, 6.45) is 2.84. The molecule has 0 amide bonds. The molecule has 2 bridgehead atoms. The molecule has 2 saturated heterocycles. The molecule has 0 unspecified atom stereocenters. The molecule has 3 fully saturated rings. The van der Waals surface area contributed by atoms with Crippen molar-refractivity contribution in [3.05, 3.63) is 35.9 Å². The second-order valence-electron chi connectivity index (χ2n) is 5.31. The largest absolute Gasteiger partial charge is 0.480 e. The number of carbonyl (C=O) groups is 1. The zero-order valence-electron chi connectivity index (χ0n) is 9.80. The molecule has 1 aromatic carbocycles. The van der Waals surface area contributed by atoms with Crippen LogP contribution in [-0.4, -0.2) is 28.1 Å². The number of piperidine rings is 2. The molecule has 0 spiro atoms. The Kier molecular flexibility index (Phi) is 2.44. The number of carboxylic acid groups (broad SMARTS) is 1. The summed E-state index contributed by atoms with van der Waals surface area (Å²) in [4.78, 5) is 13.6. The molecule has 17 heavy (non-hydrogen) atoms. The zero-order chi connectivity index (χ0) is 11.9. The predicted octanol–water partition coefficient (Wildman–Crippen LogP) is 2.13. The Morgan fingerprint density at radius 3 is 2.71 bits per heavy atom. The lowest BCUT2D eigenvalue weighted by atomic mass is 9.62. The third-order valence-electron chi connectivity index (χ3n) is 4.28. The summed E-state index contributed by atoms with van der Waals surface area (Å²) in [5, 5.41) is 9.44. The quantitative estimate of drug-likeness (QED) is 0.866. The van der Waals surface area contributed by atoms with Gasteiger partial charge in [0.25, 0.3) is 0 Å².